The molecule has 0 aromatic heterocycles. The number of rotatable bonds is 20. The number of unbranched alkanes of at least 4 members (excludes halogenated alkanes) is 5. The lowest BCUT2D eigenvalue weighted by Crippen LogP contribution is -2.52. The Morgan fingerprint density at radius 2 is 1.36 bits per heavy atom. The maximum atomic E-state index is 6.34. The van der Waals surface area contributed by atoms with E-state index >= 15 is 0 Å². The molecule has 1 saturated heterocycles. The zero-order valence-electron chi connectivity index (χ0n) is 19.2. The highest BCUT2D eigenvalue weighted by Crippen LogP contribution is 2.36. The van der Waals surface area contributed by atoms with Crippen LogP contribution in [0.5, 0.6) is 0 Å². The Kier molecular flexibility index (Phi) is 14.4. The summed E-state index contributed by atoms with van der Waals surface area (Å²) in [5, 5.41) is 0. The highest BCUT2D eigenvalue weighted by Gasteiger charge is 2.46. The predicted molar refractivity (Wildman–Crippen MR) is 113 cm³/mol. The maximum Gasteiger partial charge on any atom is 0.288 e. The Bertz CT molecular complexity index is 342. The van der Waals surface area contributed by atoms with Crippen molar-refractivity contribution in [3.8, 4) is 0 Å². The van der Waals surface area contributed by atoms with Crippen molar-refractivity contribution in [2.75, 3.05) is 33.0 Å². The maximum absolute atomic E-state index is 6.34. The fourth-order valence-corrected chi connectivity index (χ4v) is 3.86. The highest BCUT2D eigenvalue weighted by molar-refractivity contribution is 4.82. The first kappa shape index (κ1) is 25.8. The molecule has 5 heteroatoms. The molecular formula is C23H46O5. The van der Waals surface area contributed by atoms with Crippen LogP contribution in [0, 0.1) is 5.92 Å². The van der Waals surface area contributed by atoms with Gasteiger partial charge in [0.1, 0.15) is 6.10 Å². The van der Waals surface area contributed by atoms with Crippen molar-refractivity contribution < 1.29 is 23.7 Å². The third-order valence-corrected chi connectivity index (χ3v) is 5.28. The van der Waals surface area contributed by atoms with Gasteiger partial charge in [-0.3, -0.25) is 0 Å². The quantitative estimate of drug-likeness (QED) is 0.148. The van der Waals surface area contributed by atoms with E-state index in [1.807, 2.05) is 20.8 Å². The van der Waals surface area contributed by atoms with Gasteiger partial charge in [0.15, 0.2) is 0 Å². The molecule has 1 aliphatic heterocycles. The molecule has 0 bridgehead atoms. The summed E-state index contributed by atoms with van der Waals surface area (Å²) in [6.07, 6.45) is 10.9. The summed E-state index contributed by atoms with van der Waals surface area (Å²) in [5.41, 5.74) is 0. The fraction of sp³-hybridized carbons (Fsp3) is 1.00. The van der Waals surface area contributed by atoms with Crippen LogP contribution in [-0.2, 0) is 23.7 Å². The van der Waals surface area contributed by atoms with Gasteiger partial charge in [0, 0.05) is 19.8 Å². The minimum absolute atomic E-state index is 0.0505. The van der Waals surface area contributed by atoms with Gasteiger partial charge in [0.2, 0.25) is 0 Å². The topological polar surface area (TPSA) is 49.5 Å². The van der Waals surface area contributed by atoms with E-state index in [0.29, 0.717) is 26.4 Å². The molecule has 0 radical (unpaired) electrons. The molecule has 0 amide bonds. The molecule has 0 spiro atoms. The predicted octanol–water partition coefficient (Wildman–Crippen LogP) is 5.70. The van der Waals surface area contributed by atoms with Gasteiger partial charge in [-0.2, -0.15) is 0 Å². The Labute approximate surface area is 173 Å². The van der Waals surface area contributed by atoms with Gasteiger partial charge >= 0.3 is 0 Å². The van der Waals surface area contributed by atoms with Gasteiger partial charge in [-0.05, 0) is 33.6 Å². The third kappa shape index (κ3) is 9.53. The second kappa shape index (κ2) is 15.6. The zero-order chi connectivity index (χ0) is 20.7. The molecule has 0 aromatic rings. The van der Waals surface area contributed by atoms with Crippen LogP contribution in [0.2, 0.25) is 0 Å². The minimum Gasteiger partial charge on any atom is -0.375 e. The van der Waals surface area contributed by atoms with Crippen molar-refractivity contribution in [1.82, 2.24) is 0 Å². The van der Waals surface area contributed by atoms with Gasteiger partial charge in [0.25, 0.3) is 5.97 Å². The van der Waals surface area contributed by atoms with E-state index in [4.69, 9.17) is 23.7 Å². The SMILES string of the molecule is CCCCCCCCC(C(CCC)OCC1CO1)C(OCC)(OCC)OCC. The molecule has 1 aliphatic rings. The van der Waals surface area contributed by atoms with Crippen molar-refractivity contribution in [1.29, 1.82) is 0 Å². The molecule has 1 rings (SSSR count). The summed E-state index contributed by atoms with van der Waals surface area (Å²) in [6.45, 7) is 13.6. The summed E-state index contributed by atoms with van der Waals surface area (Å²) in [6, 6.07) is 0. The van der Waals surface area contributed by atoms with E-state index < -0.39 is 5.97 Å². The molecule has 0 aromatic carbocycles. The summed E-state index contributed by atoms with van der Waals surface area (Å²) >= 11 is 0. The summed E-state index contributed by atoms with van der Waals surface area (Å²) in [5.74, 6) is -0.969. The van der Waals surface area contributed by atoms with E-state index in [0.717, 1.165) is 32.3 Å². The zero-order valence-corrected chi connectivity index (χ0v) is 19.2. The lowest BCUT2D eigenvalue weighted by molar-refractivity contribution is -0.412. The second-order valence-electron chi connectivity index (χ2n) is 7.68. The van der Waals surface area contributed by atoms with Crippen molar-refractivity contribution in [3.05, 3.63) is 0 Å². The standard InChI is InChI=1S/C23H46O5/c1-6-11-12-13-14-15-17-21(22(16-7-2)25-19-20-18-24-20)23(26-8-3,27-9-4)28-10-5/h20-22H,6-19H2,1-5H3. The summed E-state index contributed by atoms with van der Waals surface area (Å²) in [4.78, 5) is 0. The fourth-order valence-electron chi connectivity index (χ4n) is 3.86. The lowest BCUT2D eigenvalue weighted by atomic mass is 9.89. The monoisotopic (exact) mass is 402 g/mol. The second-order valence-corrected chi connectivity index (χ2v) is 7.68. The molecule has 1 fully saturated rings. The first-order valence-electron chi connectivity index (χ1n) is 11.8. The first-order valence-corrected chi connectivity index (χ1v) is 11.8. The number of ether oxygens (including phenoxy) is 5. The molecule has 0 aliphatic carbocycles. The van der Waals surface area contributed by atoms with Crippen LogP contribution < -0.4 is 0 Å². The summed E-state index contributed by atoms with van der Waals surface area (Å²) in [7, 11) is 0. The highest BCUT2D eigenvalue weighted by atomic mass is 16.9. The van der Waals surface area contributed by atoms with Crippen molar-refractivity contribution in [3.63, 3.8) is 0 Å². The number of hydrogen-bond donors (Lipinski definition) is 0. The van der Waals surface area contributed by atoms with E-state index in [9.17, 15) is 0 Å². The van der Waals surface area contributed by atoms with Crippen LogP contribution in [0.4, 0.5) is 0 Å². The molecule has 0 saturated carbocycles. The smallest absolute Gasteiger partial charge is 0.288 e. The van der Waals surface area contributed by atoms with E-state index in [2.05, 4.69) is 13.8 Å². The molecular weight excluding hydrogens is 356 g/mol. The molecule has 168 valence electrons. The van der Waals surface area contributed by atoms with Gasteiger partial charge in [-0.25, -0.2) is 0 Å². The van der Waals surface area contributed by atoms with Crippen LogP contribution in [0.25, 0.3) is 0 Å². The van der Waals surface area contributed by atoms with E-state index in [-0.39, 0.29) is 18.1 Å². The molecule has 28 heavy (non-hydrogen) atoms. The van der Waals surface area contributed by atoms with Crippen LogP contribution in [0.15, 0.2) is 0 Å². The largest absolute Gasteiger partial charge is 0.375 e. The average molecular weight is 403 g/mol. The van der Waals surface area contributed by atoms with Crippen molar-refractivity contribution in [2.24, 2.45) is 5.92 Å². The van der Waals surface area contributed by atoms with Gasteiger partial charge in [-0.15, -0.1) is 0 Å². The normalized spacial score (nSPS) is 19.0. The van der Waals surface area contributed by atoms with Crippen LogP contribution >= 0.6 is 0 Å². The Morgan fingerprint density at radius 3 is 1.86 bits per heavy atom. The molecule has 3 atom stereocenters. The van der Waals surface area contributed by atoms with E-state index in [1.165, 1.54) is 32.1 Å². The average Bonchev–Trinajstić information content (AvgIpc) is 3.50. The van der Waals surface area contributed by atoms with Gasteiger partial charge in [-0.1, -0.05) is 58.8 Å². The van der Waals surface area contributed by atoms with Crippen molar-refractivity contribution in [2.45, 2.75) is 111 Å². The Hall–Kier alpha value is -0.200. The van der Waals surface area contributed by atoms with Gasteiger partial charge in [0.05, 0.1) is 25.2 Å². The van der Waals surface area contributed by atoms with Crippen LogP contribution in [0.3, 0.4) is 0 Å². The van der Waals surface area contributed by atoms with Gasteiger partial charge < -0.3 is 23.7 Å². The molecule has 1 heterocycles. The first-order chi connectivity index (χ1) is 13.7. The van der Waals surface area contributed by atoms with E-state index in [1.54, 1.807) is 0 Å². The van der Waals surface area contributed by atoms with Crippen molar-refractivity contribution >= 4 is 0 Å². The minimum atomic E-state index is -1.02. The summed E-state index contributed by atoms with van der Waals surface area (Å²) < 4.78 is 30.2. The molecule has 0 N–H and O–H groups in total. The number of epoxide rings is 1. The van der Waals surface area contributed by atoms with Crippen LogP contribution in [-0.4, -0.2) is 51.2 Å². The lowest BCUT2D eigenvalue weighted by Gasteiger charge is -2.42. The Balaban J connectivity index is 2.88. The molecule has 3 unspecified atom stereocenters. The molecule has 5 nitrogen and oxygen atoms in total. The Morgan fingerprint density at radius 1 is 0.786 bits per heavy atom. The third-order valence-electron chi connectivity index (χ3n) is 5.28. The number of hydrogen-bond acceptors (Lipinski definition) is 5. The van der Waals surface area contributed by atoms with Crippen LogP contribution in [0.1, 0.15) is 92.4 Å².